The highest BCUT2D eigenvalue weighted by Gasteiger charge is 2.17. The molecular formula is C19H26NO2P. The predicted molar refractivity (Wildman–Crippen MR) is 99.5 cm³/mol. The lowest BCUT2D eigenvalue weighted by Crippen LogP contribution is -2.16. The van der Waals surface area contributed by atoms with Gasteiger partial charge in [0.1, 0.15) is 11.5 Å². The van der Waals surface area contributed by atoms with Crippen LogP contribution in [0.2, 0.25) is 0 Å². The fourth-order valence-electron chi connectivity index (χ4n) is 2.67. The van der Waals surface area contributed by atoms with Crippen molar-refractivity contribution < 1.29 is 9.84 Å². The lowest BCUT2D eigenvalue weighted by molar-refractivity contribution is 0.403. The summed E-state index contributed by atoms with van der Waals surface area (Å²) in [6.45, 7) is 3.11. The van der Waals surface area contributed by atoms with Gasteiger partial charge in [0.05, 0.1) is 7.11 Å². The van der Waals surface area contributed by atoms with Gasteiger partial charge in [-0.2, -0.15) is 0 Å². The van der Waals surface area contributed by atoms with Crippen LogP contribution in [0.25, 0.3) is 0 Å². The zero-order valence-corrected chi connectivity index (χ0v) is 15.3. The molecule has 0 bridgehead atoms. The Morgan fingerprint density at radius 1 is 1.17 bits per heavy atom. The van der Waals surface area contributed by atoms with Crippen molar-refractivity contribution in [2.45, 2.75) is 25.5 Å². The quantitative estimate of drug-likeness (QED) is 0.781. The third-order valence-electron chi connectivity index (χ3n) is 3.85. The summed E-state index contributed by atoms with van der Waals surface area (Å²) in [6, 6.07) is 14.1. The third kappa shape index (κ3) is 4.70. The van der Waals surface area contributed by atoms with E-state index >= 15 is 0 Å². The zero-order valence-electron chi connectivity index (χ0n) is 14.3. The normalized spacial score (nSPS) is 12.9. The van der Waals surface area contributed by atoms with Gasteiger partial charge in [-0.05, 0) is 49.6 Å². The van der Waals surface area contributed by atoms with Crippen LogP contribution in [0.4, 0.5) is 0 Å². The Labute approximate surface area is 141 Å². The van der Waals surface area contributed by atoms with Crippen LogP contribution in [-0.4, -0.2) is 31.2 Å². The maximum Gasteiger partial charge on any atom is 0.119 e. The Bertz CT molecular complexity index is 643. The molecule has 0 saturated carbocycles. The number of ether oxygens (including phenoxy) is 1. The molecule has 0 radical (unpaired) electrons. The van der Waals surface area contributed by atoms with Crippen molar-refractivity contribution in [3.63, 3.8) is 0 Å². The van der Waals surface area contributed by atoms with Crippen molar-refractivity contribution in [2.24, 2.45) is 0 Å². The molecule has 1 N–H and O–H groups in total. The number of phenols is 1. The van der Waals surface area contributed by atoms with E-state index in [0.29, 0.717) is 20.0 Å². The topological polar surface area (TPSA) is 32.7 Å². The smallest absolute Gasteiger partial charge is 0.119 e. The first kappa shape index (κ1) is 17.8. The molecule has 124 valence electrons. The monoisotopic (exact) mass is 331 g/mol. The summed E-state index contributed by atoms with van der Waals surface area (Å²) >= 11 is 0. The highest BCUT2D eigenvalue weighted by molar-refractivity contribution is 7.47. The van der Waals surface area contributed by atoms with E-state index < -0.39 is 0 Å². The van der Waals surface area contributed by atoms with Crippen LogP contribution in [0.3, 0.4) is 0 Å². The predicted octanol–water partition coefficient (Wildman–Crippen LogP) is 3.92. The van der Waals surface area contributed by atoms with Gasteiger partial charge in [-0.25, -0.2) is 0 Å². The van der Waals surface area contributed by atoms with Gasteiger partial charge in [-0.15, -0.1) is 0 Å². The average molecular weight is 331 g/mol. The molecule has 0 amide bonds. The lowest BCUT2D eigenvalue weighted by Gasteiger charge is -2.21. The van der Waals surface area contributed by atoms with Crippen LogP contribution in [-0.2, 0) is 6.54 Å². The molecule has 4 heteroatoms. The van der Waals surface area contributed by atoms with Crippen molar-refractivity contribution in [3.05, 3.63) is 53.6 Å². The van der Waals surface area contributed by atoms with Crippen LogP contribution >= 0.6 is 8.58 Å². The van der Waals surface area contributed by atoms with Gasteiger partial charge in [-0.1, -0.05) is 39.8 Å². The number of benzene rings is 2. The first-order valence-electron chi connectivity index (χ1n) is 7.91. The van der Waals surface area contributed by atoms with E-state index in [2.05, 4.69) is 50.2 Å². The number of phenolic OH excluding ortho intramolecular Hbond substituents is 1. The van der Waals surface area contributed by atoms with Gasteiger partial charge in [-0.3, -0.25) is 0 Å². The molecular weight excluding hydrogens is 305 g/mol. The number of methoxy groups -OCH3 is 1. The minimum atomic E-state index is 0.299. The Kier molecular flexibility index (Phi) is 6.44. The first-order chi connectivity index (χ1) is 11.0. The minimum Gasteiger partial charge on any atom is -0.508 e. The van der Waals surface area contributed by atoms with Gasteiger partial charge in [0, 0.05) is 17.8 Å². The summed E-state index contributed by atoms with van der Waals surface area (Å²) in [4.78, 5) is 2.19. The van der Waals surface area contributed by atoms with E-state index in [-0.39, 0.29) is 0 Å². The van der Waals surface area contributed by atoms with Crippen molar-refractivity contribution >= 4 is 13.9 Å². The van der Waals surface area contributed by atoms with Crippen LogP contribution in [0, 0.1) is 0 Å². The standard InChI is InChI=1S/C19H26NO2P/c1-5-18(16-12-15(22-4)10-11-17(16)21)23-19-9-7-6-8-14(19)13-20(2)3/h6-12,18,21,23H,5,13H2,1-4H3. The molecule has 0 aliphatic rings. The third-order valence-corrected chi connectivity index (χ3v) is 5.72. The molecule has 2 aromatic carbocycles. The van der Waals surface area contributed by atoms with Crippen LogP contribution in [0.1, 0.15) is 30.1 Å². The second-order valence-electron chi connectivity index (χ2n) is 5.92. The number of nitrogens with zero attached hydrogens (tertiary/aromatic N) is 1. The largest absolute Gasteiger partial charge is 0.508 e. The summed E-state index contributed by atoms with van der Waals surface area (Å²) in [5.74, 6) is 1.15. The second kappa shape index (κ2) is 8.33. The number of hydrogen-bond acceptors (Lipinski definition) is 3. The van der Waals surface area contributed by atoms with Crippen LogP contribution in [0.5, 0.6) is 11.5 Å². The Morgan fingerprint density at radius 2 is 1.91 bits per heavy atom. The van der Waals surface area contributed by atoms with E-state index in [0.717, 1.165) is 24.3 Å². The van der Waals surface area contributed by atoms with E-state index in [4.69, 9.17) is 4.74 Å². The Hall–Kier alpha value is -1.57. The molecule has 0 heterocycles. The molecule has 0 saturated heterocycles. The van der Waals surface area contributed by atoms with E-state index in [9.17, 15) is 5.11 Å². The van der Waals surface area contributed by atoms with Crippen molar-refractivity contribution in [1.29, 1.82) is 0 Å². The molecule has 2 rings (SSSR count). The molecule has 0 aliphatic heterocycles. The van der Waals surface area contributed by atoms with Crippen molar-refractivity contribution in [1.82, 2.24) is 4.90 Å². The summed E-state index contributed by atoms with van der Waals surface area (Å²) in [6.07, 6.45) is 0.982. The second-order valence-corrected chi connectivity index (χ2v) is 7.45. The maximum absolute atomic E-state index is 10.3. The first-order valence-corrected chi connectivity index (χ1v) is 8.99. The highest BCUT2D eigenvalue weighted by atomic mass is 31.1. The van der Waals surface area contributed by atoms with Crippen molar-refractivity contribution in [3.8, 4) is 11.5 Å². The summed E-state index contributed by atoms with van der Waals surface area (Å²) in [7, 11) is 6.46. The zero-order chi connectivity index (χ0) is 16.8. The molecule has 2 atom stereocenters. The van der Waals surface area contributed by atoms with Gasteiger partial charge < -0.3 is 14.7 Å². The molecule has 0 spiro atoms. The molecule has 0 fully saturated rings. The minimum absolute atomic E-state index is 0.299. The molecule has 3 nitrogen and oxygen atoms in total. The van der Waals surface area contributed by atoms with Gasteiger partial charge in [0.15, 0.2) is 0 Å². The summed E-state index contributed by atoms with van der Waals surface area (Å²) in [5.41, 5.74) is 2.63. The van der Waals surface area contributed by atoms with Crippen LogP contribution in [0.15, 0.2) is 42.5 Å². The van der Waals surface area contributed by atoms with Gasteiger partial charge >= 0.3 is 0 Å². The average Bonchev–Trinajstić information content (AvgIpc) is 2.54. The maximum atomic E-state index is 10.3. The SMILES string of the molecule is CCC(Pc1ccccc1CN(C)C)c1cc(OC)ccc1O. The number of rotatable bonds is 7. The van der Waals surface area contributed by atoms with Gasteiger partial charge in [0.2, 0.25) is 0 Å². The lowest BCUT2D eigenvalue weighted by atomic mass is 10.1. The fourth-order valence-corrected chi connectivity index (χ4v) is 4.17. The highest BCUT2D eigenvalue weighted by Crippen LogP contribution is 2.42. The molecule has 2 aromatic rings. The molecule has 23 heavy (non-hydrogen) atoms. The summed E-state index contributed by atoms with van der Waals surface area (Å²) in [5, 5.41) is 11.6. The van der Waals surface area contributed by atoms with Crippen molar-refractivity contribution in [2.75, 3.05) is 21.2 Å². The van der Waals surface area contributed by atoms with E-state index in [1.807, 2.05) is 6.07 Å². The van der Waals surface area contributed by atoms with E-state index in [1.165, 1.54) is 10.9 Å². The molecule has 0 aliphatic carbocycles. The fraction of sp³-hybridized carbons (Fsp3) is 0.368. The summed E-state index contributed by atoms with van der Waals surface area (Å²) < 4.78 is 5.32. The number of hydrogen-bond donors (Lipinski definition) is 1. The molecule has 0 aromatic heterocycles. The molecule has 2 unspecified atom stereocenters. The number of aromatic hydroxyl groups is 1. The van der Waals surface area contributed by atoms with Crippen LogP contribution < -0.4 is 10.0 Å². The Balaban J connectivity index is 2.30. The van der Waals surface area contributed by atoms with Gasteiger partial charge in [0.25, 0.3) is 0 Å². The Morgan fingerprint density at radius 3 is 2.57 bits per heavy atom. The van der Waals surface area contributed by atoms with E-state index in [1.54, 1.807) is 19.2 Å².